The highest BCUT2D eigenvalue weighted by Gasteiger charge is 2.19. The third-order valence-corrected chi connectivity index (χ3v) is 7.18. The Morgan fingerprint density at radius 3 is 2.61 bits per heavy atom. The number of halogens is 2. The van der Waals surface area contributed by atoms with Crippen molar-refractivity contribution in [1.29, 1.82) is 0 Å². The molecule has 1 amide bonds. The van der Waals surface area contributed by atoms with Crippen LogP contribution in [0.15, 0.2) is 81.3 Å². The molecule has 0 atom stereocenters. The van der Waals surface area contributed by atoms with Crippen LogP contribution in [0.25, 0.3) is 10.9 Å². The summed E-state index contributed by atoms with van der Waals surface area (Å²) in [7, 11) is 0. The number of amides is 1. The van der Waals surface area contributed by atoms with Gasteiger partial charge in [-0.1, -0.05) is 34.1 Å². The van der Waals surface area contributed by atoms with E-state index >= 15 is 0 Å². The van der Waals surface area contributed by atoms with Crippen molar-refractivity contribution in [1.82, 2.24) is 9.13 Å². The number of hydrogen-bond acceptors (Lipinski definition) is 6. The number of benzene rings is 3. The van der Waals surface area contributed by atoms with E-state index in [1.807, 2.05) is 12.1 Å². The first kappa shape index (κ1) is 28.0. The molecule has 4 aromatic rings. The van der Waals surface area contributed by atoms with E-state index in [-0.39, 0.29) is 47.7 Å². The van der Waals surface area contributed by atoms with Gasteiger partial charge in [0.15, 0.2) is 17.3 Å². The Bertz CT molecular complexity index is 1810. The number of nitrogens with zero attached hydrogens (tertiary/aromatic N) is 2. The summed E-state index contributed by atoms with van der Waals surface area (Å²) in [5, 5.41) is 2.63. The standard InChI is InChI=1S/C30H25BrFN3O6/c1-2-3-12-34-29(38)21-8-6-19(25(36)10-4-18-5-11-26-27(13-18)41-17-40-26)14-24(21)35(30(34)39)16-28(37)33-23-9-7-20(31)15-22(23)32/h2,5-9,11,13-15H,1,3-4,10,12,16-17H2,(H,33,37). The molecular weight excluding hydrogens is 597 g/mol. The Morgan fingerprint density at radius 1 is 1.02 bits per heavy atom. The molecule has 3 aromatic carbocycles. The van der Waals surface area contributed by atoms with Gasteiger partial charge in [-0.15, -0.1) is 6.58 Å². The highest BCUT2D eigenvalue weighted by molar-refractivity contribution is 9.10. The molecule has 9 nitrogen and oxygen atoms in total. The van der Waals surface area contributed by atoms with Crippen LogP contribution in [-0.4, -0.2) is 27.6 Å². The van der Waals surface area contributed by atoms with Crippen LogP contribution in [0.3, 0.4) is 0 Å². The molecule has 1 aliphatic rings. The van der Waals surface area contributed by atoms with Gasteiger partial charge >= 0.3 is 5.69 Å². The minimum atomic E-state index is -0.722. The van der Waals surface area contributed by atoms with Crippen molar-refractivity contribution in [2.75, 3.05) is 12.1 Å². The van der Waals surface area contributed by atoms with Crippen LogP contribution in [0.2, 0.25) is 0 Å². The second-order valence-corrected chi connectivity index (χ2v) is 10.3. The maximum Gasteiger partial charge on any atom is 0.331 e. The maximum atomic E-state index is 14.3. The quantitative estimate of drug-likeness (QED) is 0.201. The first-order chi connectivity index (χ1) is 19.7. The van der Waals surface area contributed by atoms with E-state index < -0.39 is 29.5 Å². The van der Waals surface area contributed by atoms with Crippen LogP contribution in [0.1, 0.15) is 28.8 Å². The van der Waals surface area contributed by atoms with Crippen molar-refractivity contribution in [3.63, 3.8) is 0 Å². The third-order valence-electron chi connectivity index (χ3n) is 6.69. The van der Waals surface area contributed by atoms with Crippen molar-refractivity contribution in [2.24, 2.45) is 0 Å². The number of ether oxygens (including phenoxy) is 2. The van der Waals surface area contributed by atoms with Gasteiger partial charge in [-0.25, -0.2) is 9.18 Å². The zero-order valence-corrected chi connectivity index (χ0v) is 23.4. The molecule has 0 unspecified atom stereocenters. The molecule has 1 aromatic heterocycles. The van der Waals surface area contributed by atoms with Gasteiger partial charge in [-0.05, 0) is 60.9 Å². The molecule has 0 bridgehead atoms. The highest BCUT2D eigenvalue weighted by atomic mass is 79.9. The van der Waals surface area contributed by atoms with Gasteiger partial charge in [0.05, 0.1) is 16.6 Å². The van der Waals surface area contributed by atoms with Gasteiger partial charge in [0.1, 0.15) is 12.4 Å². The molecule has 0 aliphatic carbocycles. The van der Waals surface area contributed by atoms with Gasteiger partial charge in [0.2, 0.25) is 12.7 Å². The topological polar surface area (TPSA) is 109 Å². The molecule has 2 heterocycles. The lowest BCUT2D eigenvalue weighted by Gasteiger charge is -2.15. The van der Waals surface area contributed by atoms with Crippen LogP contribution < -0.4 is 26.0 Å². The van der Waals surface area contributed by atoms with Gasteiger partial charge in [-0.3, -0.25) is 23.5 Å². The van der Waals surface area contributed by atoms with Gasteiger partial charge in [-0.2, -0.15) is 0 Å². The van der Waals surface area contributed by atoms with E-state index in [4.69, 9.17) is 9.47 Å². The normalized spacial score (nSPS) is 12.0. The number of allylic oxidation sites excluding steroid dienone is 1. The minimum Gasteiger partial charge on any atom is -0.454 e. The van der Waals surface area contributed by atoms with Crippen molar-refractivity contribution >= 4 is 44.2 Å². The summed E-state index contributed by atoms with van der Waals surface area (Å²) in [4.78, 5) is 52.7. The largest absolute Gasteiger partial charge is 0.454 e. The number of rotatable bonds is 10. The lowest BCUT2D eigenvalue weighted by atomic mass is 10.0. The average molecular weight is 622 g/mol. The molecule has 0 spiro atoms. The predicted octanol–water partition coefficient (Wildman–Crippen LogP) is 4.82. The van der Waals surface area contributed by atoms with E-state index in [0.717, 1.165) is 14.7 Å². The zero-order chi connectivity index (χ0) is 29.1. The van der Waals surface area contributed by atoms with Crippen molar-refractivity contribution in [2.45, 2.75) is 32.4 Å². The lowest BCUT2D eigenvalue weighted by molar-refractivity contribution is -0.116. The first-order valence-corrected chi connectivity index (χ1v) is 13.6. The Kier molecular flexibility index (Phi) is 8.16. The summed E-state index contributed by atoms with van der Waals surface area (Å²) in [6.07, 6.45) is 2.53. The van der Waals surface area contributed by atoms with E-state index in [1.165, 1.54) is 30.3 Å². The molecule has 0 saturated carbocycles. The number of anilines is 1. The number of aryl methyl sites for hydroxylation is 1. The Balaban J connectivity index is 1.46. The van der Waals surface area contributed by atoms with E-state index in [2.05, 4.69) is 27.8 Å². The molecular formula is C30H25BrFN3O6. The molecule has 210 valence electrons. The molecule has 1 N–H and O–H groups in total. The molecule has 0 fully saturated rings. The Morgan fingerprint density at radius 2 is 1.83 bits per heavy atom. The second-order valence-electron chi connectivity index (χ2n) is 9.42. The smallest absolute Gasteiger partial charge is 0.331 e. The van der Waals surface area contributed by atoms with Crippen molar-refractivity contribution < 1.29 is 23.5 Å². The zero-order valence-electron chi connectivity index (χ0n) is 21.8. The summed E-state index contributed by atoms with van der Waals surface area (Å²) in [6.45, 7) is 3.35. The van der Waals surface area contributed by atoms with Crippen molar-refractivity contribution in [3.05, 3.63) is 110 Å². The SMILES string of the molecule is C=CCCn1c(=O)c2ccc(C(=O)CCc3ccc4c(c3)OCO4)cc2n(CC(=O)Nc2ccc(Br)cc2F)c1=O. The summed E-state index contributed by atoms with van der Waals surface area (Å²) in [5.41, 5.74) is -0.0102. The van der Waals surface area contributed by atoms with Crippen LogP contribution in [0, 0.1) is 5.82 Å². The van der Waals surface area contributed by atoms with Gasteiger partial charge < -0.3 is 14.8 Å². The number of fused-ring (bicyclic) bond motifs is 2. The van der Waals surface area contributed by atoms with Crippen LogP contribution in [0.5, 0.6) is 11.5 Å². The lowest BCUT2D eigenvalue weighted by Crippen LogP contribution is -2.41. The summed E-state index contributed by atoms with van der Waals surface area (Å²) < 4.78 is 27.7. The van der Waals surface area contributed by atoms with Gasteiger partial charge in [0, 0.05) is 23.0 Å². The fraction of sp³-hybridized carbons (Fsp3) is 0.200. The Hall–Kier alpha value is -4.51. The molecule has 5 rings (SSSR count). The summed E-state index contributed by atoms with van der Waals surface area (Å²) in [6, 6.07) is 14.1. The summed E-state index contributed by atoms with van der Waals surface area (Å²) in [5.74, 6) is -0.267. The molecule has 11 heteroatoms. The number of ketones is 1. The summed E-state index contributed by atoms with van der Waals surface area (Å²) >= 11 is 3.17. The molecule has 41 heavy (non-hydrogen) atoms. The number of hydrogen-bond donors (Lipinski definition) is 1. The minimum absolute atomic E-state index is 0.0603. The first-order valence-electron chi connectivity index (χ1n) is 12.8. The van der Waals surface area contributed by atoms with Crippen LogP contribution in [0.4, 0.5) is 10.1 Å². The number of carbonyl (C=O) groups excluding carboxylic acids is 2. The molecule has 0 radical (unpaired) electrons. The second kappa shape index (κ2) is 11.9. The van der Waals surface area contributed by atoms with Crippen LogP contribution in [-0.2, 0) is 24.3 Å². The number of aromatic nitrogens is 2. The fourth-order valence-corrected chi connectivity index (χ4v) is 4.92. The Labute approximate surface area is 241 Å². The third kappa shape index (κ3) is 5.99. The average Bonchev–Trinajstić information content (AvgIpc) is 3.43. The molecule has 1 aliphatic heterocycles. The fourth-order valence-electron chi connectivity index (χ4n) is 4.58. The number of carbonyl (C=O) groups is 2. The highest BCUT2D eigenvalue weighted by Crippen LogP contribution is 2.33. The van der Waals surface area contributed by atoms with Gasteiger partial charge in [0.25, 0.3) is 5.56 Å². The van der Waals surface area contributed by atoms with E-state index in [1.54, 1.807) is 18.2 Å². The number of Topliss-reactive ketones (excluding diaryl/α,β-unsaturated/α-hetero) is 1. The van der Waals surface area contributed by atoms with E-state index in [9.17, 15) is 23.6 Å². The number of nitrogens with one attached hydrogen (secondary N) is 1. The van der Waals surface area contributed by atoms with Crippen LogP contribution >= 0.6 is 15.9 Å². The molecule has 0 saturated heterocycles. The van der Waals surface area contributed by atoms with Crippen molar-refractivity contribution in [3.8, 4) is 11.5 Å². The van der Waals surface area contributed by atoms with E-state index in [0.29, 0.717) is 28.8 Å². The monoisotopic (exact) mass is 621 g/mol. The predicted molar refractivity (Wildman–Crippen MR) is 155 cm³/mol. The maximum absolute atomic E-state index is 14.3.